The topological polar surface area (TPSA) is 49.9 Å². The van der Waals surface area contributed by atoms with Gasteiger partial charge in [-0.3, -0.25) is 9.59 Å². The van der Waals surface area contributed by atoms with Gasteiger partial charge in [-0.15, -0.1) is 0 Å². The smallest absolute Gasteiger partial charge is 0.288 e. The SMILES string of the molecule is CN(C)C(=O)[C@@H]1CN(C(=O)c2ccccc2SC(F)F)c2ccccc2O1. The van der Waals surface area contributed by atoms with Crippen molar-refractivity contribution in [2.24, 2.45) is 0 Å². The third kappa shape index (κ3) is 4.05. The van der Waals surface area contributed by atoms with Gasteiger partial charge >= 0.3 is 0 Å². The van der Waals surface area contributed by atoms with Crippen LogP contribution >= 0.6 is 11.8 Å². The summed E-state index contributed by atoms with van der Waals surface area (Å²) in [7, 11) is 3.21. The number of hydrogen-bond acceptors (Lipinski definition) is 4. The highest BCUT2D eigenvalue weighted by atomic mass is 32.2. The third-order valence-corrected chi connectivity index (χ3v) is 4.86. The summed E-state index contributed by atoms with van der Waals surface area (Å²) in [5.74, 6) is -2.97. The average Bonchev–Trinajstić information content (AvgIpc) is 2.65. The Morgan fingerprint density at radius 1 is 1.15 bits per heavy atom. The Kier molecular flexibility index (Phi) is 5.65. The molecule has 0 bridgehead atoms. The molecule has 142 valence electrons. The Morgan fingerprint density at radius 3 is 2.52 bits per heavy atom. The van der Waals surface area contributed by atoms with E-state index in [1.807, 2.05) is 0 Å². The van der Waals surface area contributed by atoms with Crippen molar-refractivity contribution in [1.29, 1.82) is 0 Å². The first-order chi connectivity index (χ1) is 12.9. The molecule has 2 aromatic rings. The molecule has 0 saturated carbocycles. The molecular formula is C19H18F2N2O3S. The molecule has 0 unspecified atom stereocenters. The molecule has 0 aromatic heterocycles. The molecule has 2 amide bonds. The zero-order chi connectivity index (χ0) is 19.6. The molecule has 0 N–H and O–H groups in total. The lowest BCUT2D eigenvalue weighted by Crippen LogP contribution is -2.50. The highest BCUT2D eigenvalue weighted by Crippen LogP contribution is 2.36. The van der Waals surface area contributed by atoms with Gasteiger partial charge in [0, 0.05) is 19.0 Å². The first-order valence-electron chi connectivity index (χ1n) is 8.21. The Balaban J connectivity index is 1.99. The predicted molar refractivity (Wildman–Crippen MR) is 99.5 cm³/mol. The molecule has 1 heterocycles. The van der Waals surface area contributed by atoms with E-state index in [9.17, 15) is 18.4 Å². The van der Waals surface area contributed by atoms with Gasteiger partial charge in [-0.05, 0) is 24.3 Å². The number of benzene rings is 2. The number of amides is 2. The van der Waals surface area contributed by atoms with E-state index in [1.165, 1.54) is 21.9 Å². The summed E-state index contributed by atoms with van der Waals surface area (Å²) >= 11 is 0.323. The van der Waals surface area contributed by atoms with E-state index in [0.717, 1.165) is 0 Å². The molecule has 0 radical (unpaired) electrons. The number of carbonyl (C=O) groups is 2. The zero-order valence-electron chi connectivity index (χ0n) is 14.8. The van der Waals surface area contributed by atoms with Crippen molar-refractivity contribution in [3.05, 3.63) is 54.1 Å². The van der Waals surface area contributed by atoms with Crippen molar-refractivity contribution in [1.82, 2.24) is 4.90 Å². The fourth-order valence-electron chi connectivity index (χ4n) is 2.83. The number of carbonyl (C=O) groups excluding carboxylic acids is 2. The van der Waals surface area contributed by atoms with Crippen LogP contribution in [-0.2, 0) is 4.79 Å². The molecule has 1 aliphatic rings. The number of ether oxygens (including phenoxy) is 1. The average molecular weight is 392 g/mol. The fourth-order valence-corrected chi connectivity index (χ4v) is 3.46. The Hall–Kier alpha value is -2.61. The van der Waals surface area contributed by atoms with Crippen molar-refractivity contribution in [3.63, 3.8) is 0 Å². The minimum Gasteiger partial charge on any atom is -0.476 e. The summed E-state index contributed by atoms with van der Waals surface area (Å²) in [6, 6.07) is 13.1. The number of para-hydroxylation sites is 2. The number of nitrogens with zero attached hydrogens (tertiary/aromatic N) is 2. The number of likely N-dealkylation sites (N-methyl/N-ethyl adjacent to an activating group) is 1. The third-order valence-electron chi connectivity index (χ3n) is 4.07. The van der Waals surface area contributed by atoms with Crippen LogP contribution in [0.1, 0.15) is 10.4 Å². The molecule has 0 aliphatic carbocycles. The quantitative estimate of drug-likeness (QED) is 0.748. The minimum atomic E-state index is -2.64. The van der Waals surface area contributed by atoms with Crippen molar-refractivity contribution in [2.75, 3.05) is 25.5 Å². The molecule has 3 rings (SSSR count). The predicted octanol–water partition coefficient (Wildman–Crippen LogP) is 3.50. The van der Waals surface area contributed by atoms with Crippen LogP contribution in [0.4, 0.5) is 14.5 Å². The number of fused-ring (bicyclic) bond motifs is 1. The van der Waals surface area contributed by atoms with E-state index in [1.54, 1.807) is 50.5 Å². The second-order valence-electron chi connectivity index (χ2n) is 6.10. The Bertz CT molecular complexity index is 860. The number of anilines is 1. The van der Waals surface area contributed by atoms with Gasteiger partial charge in [0.1, 0.15) is 5.75 Å². The Morgan fingerprint density at radius 2 is 1.81 bits per heavy atom. The first-order valence-corrected chi connectivity index (χ1v) is 9.09. The minimum absolute atomic E-state index is 0.000535. The number of thioether (sulfide) groups is 1. The lowest BCUT2D eigenvalue weighted by molar-refractivity contribution is -0.135. The lowest BCUT2D eigenvalue weighted by atomic mass is 10.1. The van der Waals surface area contributed by atoms with Crippen molar-refractivity contribution < 1.29 is 23.1 Å². The second-order valence-corrected chi connectivity index (χ2v) is 7.13. The standard InChI is InChI=1S/C19H18F2N2O3S/c1-22(2)18(25)15-11-23(13-8-4-5-9-14(13)26-15)17(24)12-7-3-6-10-16(12)27-19(20)21/h3-10,15,19H,11H2,1-2H3/t15-/m0/s1. The first kappa shape index (κ1) is 19.2. The van der Waals surface area contributed by atoms with E-state index in [4.69, 9.17) is 4.74 Å². The van der Waals surface area contributed by atoms with E-state index in [-0.39, 0.29) is 22.9 Å². The largest absolute Gasteiger partial charge is 0.476 e. The number of alkyl halides is 2. The molecule has 1 atom stereocenters. The van der Waals surface area contributed by atoms with Gasteiger partial charge in [0.25, 0.3) is 17.6 Å². The molecule has 1 aliphatic heterocycles. The van der Waals surface area contributed by atoms with Crippen LogP contribution in [-0.4, -0.2) is 49.2 Å². The van der Waals surface area contributed by atoms with Crippen molar-refractivity contribution in [2.45, 2.75) is 16.8 Å². The van der Waals surface area contributed by atoms with E-state index in [2.05, 4.69) is 0 Å². The summed E-state index contributed by atoms with van der Waals surface area (Å²) in [6.07, 6.45) is -0.867. The maximum atomic E-state index is 13.2. The Labute approximate surface area is 159 Å². The summed E-state index contributed by atoms with van der Waals surface area (Å²) in [5.41, 5.74) is 0.665. The maximum absolute atomic E-state index is 13.2. The van der Waals surface area contributed by atoms with E-state index >= 15 is 0 Å². The van der Waals surface area contributed by atoms with Gasteiger partial charge in [-0.25, -0.2) is 0 Å². The zero-order valence-corrected chi connectivity index (χ0v) is 15.6. The molecule has 0 saturated heterocycles. The van der Waals surface area contributed by atoms with Crippen LogP contribution in [0.5, 0.6) is 5.75 Å². The molecule has 27 heavy (non-hydrogen) atoms. The lowest BCUT2D eigenvalue weighted by Gasteiger charge is -2.35. The van der Waals surface area contributed by atoms with Gasteiger partial charge in [0.05, 0.1) is 17.8 Å². The molecular weight excluding hydrogens is 374 g/mol. The van der Waals surface area contributed by atoms with Crippen LogP contribution in [0.2, 0.25) is 0 Å². The molecule has 2 aromatic carbocycles. The van der Waals surface area contributed by atoms with E-state index in [0.29, 0.717) is 23.2 Å². The maximum Gasteiger partial charge on any atom is 0.288 e. The van der Waals surface area contributed by atoms with Crippen LogP contribution in [0.3, 0.4) is 0 Å². The second kappa shape index (κ2) is 7.96. The molecule has 0 spiro atoms. The summed E-state index contributed by atoms with van der Waals surface area (Å²) in [6.45, 7) is 0.000535. The number of rotatable bonds is 4. The van der Waals surface area contributed by atoms with Crippen LogP contribution in [0.15, 0.2) is 53.4 Å². The van der Waals surface area contributed by atoms with Crippen LogP contribution in [0, 0.1) is 0 Å². The van der Waals surface area contributed by atoms with Gasteiger partial charge in [-0.1, -0.05) is 36.0 Å². The monoisotopic (exact) mass is 392 g/mol. The van der Waals surface area contributed by atoms with Crippen LogP contribution in [0.25, 0.3) is 0 Å². The number of halogens is 2. The molecule has 8 heteroatoms. The molecule has 0 fully saturated rings. The van der Waals surface area contributed by atoms with Gasteiger partial charge in [0.15, 0.2) is 6.10 Å². The van der Waals surface area contributed by atoms with Crippen molar-refractivity contribution >= 4 is 29.3 Å². The summed E-state index contributed by atoms with van der Waals surface area (Å²) in [5, 5.41) is 0. The van der Waals surface area contributed by atoms with Crippen molar-refractivity contribution in [3.8, 4) is 5.75 Å². The van der Waals surface area contributed by atoms with Gasteiger partial charge < -0.3 is 14.5 Å². The fraction of sp³-hybridized carbons (Fsp3) is 0.263. The van der Waals surface area contributed by atoms with Gasteiger partial charge in [-0.2, -0.15) is 8.78 Å². The highest BCUT2D eigenvalue weighted by molar-refractivity contribution is 7.99. The van der Waals surface area contributed by atoms with Gasteiger partial charge in [0.2, 0.25) is 0 Å². The summed E-state index contributed by atoms with van der Waals surface area (Å²) < 4.78 is 31.5. The molecule has 5 nitrogen and oxygen atoms in total. The van der Waals surface area contributed by atoms with E-state index < -0.39 is 17.8 Å². The normalized spacial score (nSPS) is 15.9. The van der Waals surface area contributed by atoms with Crippen LogP contribution < -0.4 is 9.64 Å². The highest BCUT2D eigenvalue weighted by Gasteiger charge is 2.35. The summed E-state index contributed by atoms with van der Waals surface area (Å²) in [4.78, 5) is 28.6. The number of hydrogen-bond donors (Lipinski definition) is 0.